The minimum atomic E-state index is -0.0874. The van der Waals surface area contributed by atoms with Gasteiger partial charge in [0.15, 0.2) is 0 Å². The van der Waals surface area contributed by atoms with Crippen LogP contribution in [0.2, 0.25) is 5.02 Å². The highest BCUT2D eigenvalue weighted by Crippen LogP contribution is 2.33. The maximum atomic E-state index is 6.09. The summed E-state index contributed by atoms with van der Waals surface area (Å²) in [6.07, 6.45) is 2.09. The summed E-state index contributed by atoms with van der Waals surface area (Å²) >= 11 is 6.09. The van der Waals surface area contributed by atoms with Crippen LogP contribution in [0.1, 0.15) is 57.1 Å². The normalized spacial score (nSPS) is 13.6. The second kappa shape index (κ2) is 4.85. The largest absolute Gasteiger partial charge is 0.463 e. The number of nitrogens with two attached hydrogens (primary N) is 1. The van der Waals surface area contributed by atoms with Gasteiger partial charge in [-0.1, -0.05) is 25.4 Å². The second-order valence-corrected chi connectivity index (χ2v) is 4.07. The standard InChI is InChI=1S/C11H18ClNO/c1-4-8(5-2)11-9(12)6-10(14-11)7(3)13/h6-8H,4-5,13H2,1-3H3. The van der Waals surface area contributed by atoms with Crippen molar-refractivity contribution in [1.29, 1.82) is 0 Å². The Morgan fingerprint density at radius 3 is 2.36 bits per heavy atom. The molecule has 0 aliphatic heterocycles. The zero-order valence-corrected chi connectivity index (χ0v) is 9.77. The molecule has 0 aliphatic rings. The van der Waals surface area contributed by atoms with Gasteiger partial charge in [-0.15, -0.1) is 0 Å². The van der Waals surface area contributed by atoms with Crippen LogP contribution in [0.25, 0.3) is 0 Å². The molecule has 0 radical (unpaired) electrons. The molecule has 1 rings (SSSR count). The van der Waals surface area contributed by atoms with Crippen LogP contribution in [0.3, 0.4) is 0 Å². The molecule has 80 valence electrons. The Morgan fingerprint density at radius 2 is 2.00 bits per heavy atom. The summed E-state index contributed by atoms with van der Waals surface area (Å²) in [5.41, 5.74) is 5.73. The SMILES string of the molecule is CCC(CC)c1oc(C(C)N)cc1Cl. The van der Waals surface area contributed by atoms with E-state index in [-0.39, 0.29) is 6.04 Å². The van der Waals surface area contributed by atoms with Crippen LogP contribution >= 0.6 is 11.6 Å². The molecule has 0 aliphatic carbocycles. The van der Waals surface area contributed by atoms with Crippen LogP contribution in [0.15, 0.2) is 10.5 Å². The quantitative estimate of drug-likeness (QED) is 0.829. The van der Waals surface area contributed by atoms with Gasteiger partial charge in [-0.25, -0.2) is 0 Å². The van der Waals surface area contributed by atoms with E-state index >= 15 is 0 Å². The van der Waals surface area contributed by atoms with Gasteiger partial charge in [-0.2, -0.15) is 0 Å². The fourth-order valence-electron chi connectivity index (χ4n) is 1.56. The first kappa shape index (κ1) is 11.6. The summed E-state index contributed by atoms with van der Waals surface area (Å²) in [5, 5.41) is 0.714. The van der Waals surface area contributed by atoms with Crippen LogP contribution < -0.4 is 5.73 Å². The van der Waals surface area contributed by atoms with E-state index < -0.39 is 0 Å². The molecule has 1 atom stereocenters. The van der Waals surface area contributed by atoms with Gasteiger partial charge < -0.3 is 10.2 Å². The summed E-state index contributed by atoms with van der Waals surface area (Å²) in [6, 6.07) is 1.75. The molecular weight excluding hydrogens is 198 g/mol. The van der Waals surface area contributed by atoms with Crippen molar-refractivity contribution >= 4 is 11.6 Å². The Labute approximate surface area is 90.4 Å². The first-order chi connectivity index (χ1) is 6.60. The number of hydrogen-bond acceptors (Lipinski definition) is 2. The fourth-order valence-corrected chi connectivity index (χ4v) is 1.86. The lowest BCUT2D eigenvalue weighted by Gasteiger charge is -2.09. The van der Waals surface area contributed by atoms with Gasteiger partial charge in [0, 0.05) is 12.0 Å². The van der Waals surface area contributed by atoms with E-state index in [9.17, 15) is 0 Å². The van der Waals surface area contributed by atoms with Crippen molar-refractivity contribution < 1.29 is 4.42 Å². The van der Waals surface area contributed by atoms with Crippen molar-refractivity contribution in [3.05, 3.63) is 22.6 Å². The Morgan fingerprint density at radius 1 is 1.43 bits per heavy atom. The molecule has 3 heteroatoms. The Hall–Kier alpha value is -0.470. The Kier molecular flexibility index (Phi) is 4.02. The molecule has 0 saturated carbocycles. The van der Waals surface area contributed by atoms with Crippen LogP contribution in [-0.2, 0) is 0 Å². The zero-order chi connectivity index (χ0) is 10.7. The number of halogens is 1. The molecule has 0 spiro atoms. The molecule has 0 fully saturated rings. The van der Waals surface area contributed by atoms with Crippen LogP contribution in [0, 0.1) is 0 Å². The molecular formula is C11H18ClNO. The van der Waals surface area contributed by atoms with Gasteiger partial charge in [0.05, 0.1) is 11.1 Å². The summed E-state index contributed by atoms with van der Waals surface area (Å²) in [4.78, 5) is 0. The molecule has 2 N–H and O–H groups in total. The lowest BCUT2D eigenvalue weighted by Crippen LogP contribution is -2.03. The van der Waals surface area contributed by atoms with E-state index in [4.69, 9.17) is 21.8 Å². The van der Waals surface area contributed by atoms with E-state index in [1.165, 1.54) is 0 Å². The lowest BCUT2D eigenvalue weighted by atomic mass is 10.0. The number of furan rings is 1. The van der Waals surface area contributed by atoms with Crippen molar-refractivity contribution in [2.24, 2.45) is 5.73 Å². The van der Waals surface area contributed by atoms with Crippen LogP contribution in [0.4, 0.5) is 0 Å². The summed E-state index contributed by atoms with van der Waals surface area (Å²) in [7, 11) is 0. The summed E-state index contributed by atoms with van der Waals surface area (Å²) in [5.74, 6) is 2.08. The van der Waals surface area contributed by atoms with E-state index in [0.717, 1.165) is 24.4 Å². The maximum absolute atomic E-state index is 6.09. The Bertz CT molecular complexity index is 289. The number of rotatable bonds is 4. The van der Waals surface area contributed by atoms with E-state index in [0.29, 0.717) is 10.9 Å². The predicted octanol–water partition coefficient (Wildman–Crippen LogP) is 3.86. The predicted molar refractivity (Wildman–Crippen MR) is 59.6 cm³/mol. The van der Waals surface area contributed by atoms with E-state index in [1.807, 2.05) is 13.0 Å². The fraction of sp³-hybridized carbons (Fsp3) is 0.636. The highest BCUT2D eigenvalue weighted by atomic mass is 35.5. The molecule has 14 heavy (non-hydrogen) atoms. The molecule has 1 unspecified atom stereocenters. The molecule has 0 amide bonds. The molecule has 0 bridgehead atoms. The van der Waals surface area contributed by atoms with Crippen molar-refractivity contribution in [1.82, 2.24) is 0 Å². The second-order valence-electron chi connectivity index (χ2n) is 3.66. The van der Waals surface area contributed by atoms with Gasteiger partial charge >= 0.3 is 0 Å². The van der Waals surface area contributed by atoms with E-state index in [2.05, 4.69) is 13.8 Å². The average molecular weight is 216 g/mol. The van der Waals surface area contributed by atoms with Crippen LogP contribution in [-0.4, -0.2) is 0 Å². The third kappa shape index (κ3) is 2.31. The molecule has 1 heterocycles. The highest BCUT2D eigenvalue weighted by Gasteiger charge is 2.18. The van der Waals surface area contributed by atoms with Crippen molar-refractivity contribution in [3.63, 3.8) is 0 Å². The van der Waals surface area contributed by atoms with Gasteiger partial charge in [0.2, 0.25) is 0 Å². The monoisotopic (exact) mass is 215 g/mol. The molecule has 1 aromatic heterocycles. The van der Waals surface area contributed by atoms with E-state index in [1.54, 1.807) is 0 Å². The lowest BCUT2D eigenvalue weighted by molar-refractivity contribution is 0.403. The zero-order valence-electron chi connectivity index (χ0n) is 9.01. The van der Waals surface area contributed by atoms with Crippen molar-refractivity contribution in [2.75, 3.05) is 0 Å². The molecule has 1 aromatic rings. The molecule has 0 aromatic carbocycles. The van der Waals surface area contributed by atoms with Crippen molar-refractivity contribution in [2.45, 2.75) is 45.6 Å². The van der Waals surface area contributed by atoms with Gasteiger partial charge in [-0.3, -0.25) is 0 Å². The summed E-state index contributed by atoms with van der Waals surface area (Å²) in [6.45, 7) is 6.17. The summed E-state index contributed by atoms with van der Waals surface area (Å²) < 4.78 is 5.66. The third-order valence-corrected chi connectivity index (χ3v) is 2.83. The van der Waals surface area contributed by atoms with Gasteiger partial charge in [-0.05, 0) is 19.8 Å². The minimum Gasteiger partial charge on any atom is -0.463 e. The average Bonchev–Trinajstić information content (AvgIpc) is 2.51. The number of hydrogen-bond donors (Lipinski definition) is 1. The van der Waals surface area contributed by atoms with Gasteiger partial charge in [0.25, 0.3) is 0 Å². The first-order valence-electron chi connectivity index (χ1n) is 5.14. The minimum absolute atomic E-state index is 0.0874. The highest BCUT2D eigenvalue weighted by molar-refractivity contribution is 6.31. The maximum Gasteiger partial charge on any atom is 0.125 e. The van der Waals surface area contributed by atoms with Gasteiger partial charge in [0.1, 0.15) is 11.5 Å². The third-order valence-electron chi connectivity index (χ3n) is 2.54. The van der Waals surface area contributed by atoms with Crippen LogP contribution in [0.5, 0.6) is 0 Å². The molecule has 0 saturated heterocycles. The topological polar surface area (TPSA) is 39.2 Å². The van der Waals surface area contributed by atoms with Crippen molar-refractivity contribution in [3.8, 4) is 0 Å². The smallest absolute Gasteiger partial charge is 0.125 e. The Balaban J connectivity index is 2.96. The molecule has 2 nitrogen and oxygen atoms in total. The first-order valence-corrected chi connectivity index (χ1v) is 5.52.